The molecule has 0 radical (unpaired) electrons. The minimum Gasteiger partial charge on any atom is -0.494 e. The maximum atomic E-state index is 13.4. The topological polar surface area (TPSA) is 66.8 Å². The molecule has 0 unspecified atom stereocenters. The molecule has 4 aromatic rings. The van der Waals surface area contributed by atoms with Crippen LogP contribution in [0.3, 0.4) is 0 Å². The second kappa shape index (κ2) is 9.02. The number of fused-ring (bicyclic) bond motifs is 2. The molecule has 172 valence electrons. The minimum absolute atomic E-state index is 0.0375. The molecule has 1 aliphatic rings. The Morgan fingerprint density at radius 2 is 1.68 bits per heavy atom. The number of aromatic nitrogens is 1. The smallest absolute Gasteiger partial charge is 0.200 e. The highest BCUT2D eigenvalue weighted by atomic mass is 19.1. The van der Waals surface area contributed by atoms with Crippen LogP contribution in [0.5, 0.6) is 17.2 Å². The summed E-state index contributed by atoms with van der Waals surface area (Å²) in [6.45, 7) is 3.52. The van der Waals surface area contributed by atoms with E-state index in [1.54, 1.807) is 54.7 Å². The normalized spacial score (nSPS) is 12.5. The Morgan fingerprint density at radius 1 is 1.00 bits per heavy atom. The molecular formula is C27H22FNO5. The van der Waals surface area contributed by atoms with Gasteiger partial charge in [0, 0.05) is 24.4 Å². The first-order chi connectivity index (χ1) is 16.5. The second-order valence-electron chi connectivity index (χ2n) is 7.93. The minimum atomic E-state index is -0.391. The van der Waals surface area contributed by atoms with Crippen LogP contribution in [-0.2, 0) is 6.54 Å². The van der Waals surface area contributed by atoms with Crippen molar-refractivity contribution in [3.8, 4) is 17.2 Å². The van der Waals surface area contributed by atoms with E-state index < -0.39 is 5.78 Å². The summed E-state index contributed by atoms with van der Waals surface area (Å²) < 4.78 is 32.0. The quantitative estimate of drug-likeness (QED) is 0.395. The lowest BCUT2D eigenvalue weighted by molar-refractivity contribution is 0.103. The summed E-state index contributed by atoms with van der Waals surface area (Å²) in [4.78, 5) is 26.8. The first-order valence-electron chi connectivity index (χ1n) is 11.0. The standard InChI is InChI=1S/C27H22FNO5/c1-2-32-20-9-5-18(6-10-20)26(30)22-16-29(15-17-3-7-19(28)8-4-17)23-14-25-24(33-11-12-34-25)13-21(23)27(22)31/h3-10,13-14,16H,2,11-12,15H2,1H3. The maximum absolute atomic E-state index is 13.4. The molecule has 1 aromatic heterocycles. The molecule has 5 rings (SSSR count). The number of nitrogens with zero attached hydrogens (tertiary/aromatic N) is 1. The van der Waals surface area contributed by atoms with Crippen molar-refractivity contribution in [3.63, 3.8) is 0 Å². The van der Waals surface area contributed by atoms with Crippen molar-refractivity contribution in [1.29, 1.82) is 0 Å². The van der Waals surface area contributed by atoms with Gasteiger partial charge in [-0.05, 0) is 55.0 Å². The van der Waals surface area contributed by atoms with E-state index in [0.29, 0.717) is 60.1 Å². The summed E-state index contributed by atoms with van der Waals surface area (Å²) in [6.07, 6.45) is 1.56. The van der Waals surface area contributed by atoms with Crippen LogP contribution >= 0.6 is 0 Å². The van der Waals surface area contributed by atoms with E-state index in [9.17, 15) is 14.0 Å². The largest absolute Gasteiger partial charge is 0.494 e. The lowest BCUT2D eigenvalue weighted by Gasteiger charge is -2.21. The molecule has 0 spiro atoms. The van der Waals surface area contributed by atoms with E-state index in [0.717, 1.165) is 5.56 Å². The fourth-order valence-corrected chi connectivity index (χ4v) is 4.03. The summed E-state index contributed by atoms with van der Waals surface area (Å²) >= 11 is 0. The molecule has 0 fully saturated rings. The SMILES string of the molecule is CCOc1ccc(C(=O)c2cn(Cc3ccc(F)cc3)c3cc4c(cc3c2=O)OCCO4)cc1. The van der Waals surface area contributed by atoms with Gasteiger partial charge in [-0.1, -0.05) is 12.1 Å². The zero-order valence-electron chi connectivity index (χ0n) is 18.5. The molecule has 3 aromatic carbocycles. The van der Waals surface area contributed by atoms with Gasteiger partial charge >= 0.3 is 0 Å². The van der Waals surface area contributed by atoms with Gasteiger partial charge in [-0.15, -0.1) is 0 Å². The maximum Gasteiger partial charge on any atom is 0.200 e. The van der Waals surface area contributed by atoms with Crippen molar-refractivity contribution in [2.75, 3.05) is 19.8 Å². The van der Waals surface area contributed by atoms with Crippen molar-refractivity contribution >= 4 is 16.7 Å². The van der Waals surface area contributed by atoms with Gasteiger partial charge < -0.3 is 18.8 Å². The number of benzene rings is 3. The third-order valence-corrected chi connectivity index (χ3v) is 5.68. The Balaban J connectivity index is 1.65. The molecule has 0 saturated heterocycles. The Morgan fingerprint density at radius 3 is 2.35 bits per heavy atom. The monoisotopic (exact) mass is 459 g/mol. The number of halogens is 1. The molecule has 0 aliphatic carbocycles. The lowest BCUT2D eigenvalue weighted by Crippen LogP contribution is -2.21. The summed E-state index contributed by atoms with van der Waals surface area (Å²) in [5.74, 6) is 0.929. The first kappa shape index (κ1) is 21.7. The molecule has 7 heteroatoms. The van der Waals surface area contributed by atoms with E-state index >= 15 is 0 Å². The van der Waals surface area contributed by atoms with Crippen LogP contribution in [0.1, 0.15) is 28.4 Å². The van der Waals surface area contributed by atoms with Gasteiger partial charge in [0.25, 0.3) is 0 Å². The van der Waals surface area contributed by atoms with Crippen LogP contribution in [0.15, 0.2) is 71.7 Å². The Bertz CT molecular complexity index is 1430. The molecule has 0 atom stereocenters. The van der Waals surface area contributed by atoms with Crippen LogP contribution in [-0.4, -0.2) is 30.2 Å². The molecule has 0 amide bonds. The van der Waals surface area contributed by atoms with E-state index in [-0.39, 0.29) is 16.8 Å². The summed E-state index contributed by atoms with van der Waals surface area (Å²) in [5, 5.41) is 0.350. The number of ketones is 1. The van der Waals surface area contributed by atoms with Crippen molar-refractivity contribution in [3.05, 3.63) is 99.6 Å². The Kier molecular flexibility index (Phi) is 5.76. The number of carbonyl (C=O) groups excluding carboxylic acids is 1. The molecule has 6 nitrogen and oxygen atoms in total. The van der Waals surface area contributed by atoms with Gasteiger partial charge in [-0.2, -0.15) is 0 Å². The van der Waals surface area contributed by atoms with Crippen LogP contribution in [0.4, 0.5) is 4.39 Å². The van der Waals surface area contributed by atoms with Crippen molar-refractivity contribution in [2.24, 2.45) is 0 Å². The van der Waals surface area contributed by atoms with Gasteiger partial charge in [-0.3, -0.25) is 9.59 Å². The highest BCUT2D eigenvalue weighted by Crippen LogP contribution is 2.34. The van der Waals surface area contributed by atoms with Crippen molar-refractivity contribution in [1.82, 2.24) is 4.57 Å². The fourth-order valence-electron chi connectivity index (χ4n) is 4.03. The zero-order valence-corrected chi connectivity index (χ0v) is 18.5. The van der Waals surface area contributed by atoms with Gasteiger partial charge in [0.15, 0.2) is 17.3 Å². The molecule has 0 saturated carbocycles. The number of hydrogen-bond donors (Lipinski definition) is 0. The highest BCUT2D eigenvalue weighted by molar-refractivity contribution is 6.10. The third-order valence-electron chi connectivity index (χ3n) is 5.68. The van der Waals surface area contributed by atoms with Crippen molar-refractivity contribution < 1.29 is 23.4 Å². The average molecular weight is 459 g/mol. The predicted octanol–water partition coefficient (Wildman–Crippen LogP) is 4.59. The fraction of sp³-hybridized carbons (Fsp3) is 0.185. The second-order valence-corrected chi connectivity index (χ2v) is 7.93. The third kappa shape index (κ3) is 4.12. The van der Waals surface area contributed by atoms with Crippen LogP contribution < -0.4 is 19.6 Å². The van der Waals surface area contributed by atoms with E-state index in [1.807, 2.05) is 11.5 Å². The van der Waals surface area contributed by atoms with E-state index in [4.69, 9.17) is 14.2 Å². The summed E-state index contributed by atoms with van der Waals surface area (Å²) in [6, 6.07) is 16.2. The number of pyridine rings is 1. The molecule has 34 heavy (non-hydrogen) atoms. The van der Waals surface area contributed by atoms with Gasteiger partial charge in [0.1, 0.15) is 24.8 Å². The molecule has 0 bridgehead atoms. The zero-order chi connectivity index (χ0) is 23.7. The lowest BCUT2D eigenvalue weighted by atomic mass is 10.0. The number of hydrogen-bond acceptors (Lipinski definition) is 5. The number of carbonyl (C=O) groups is 1. The summed E-state index contributed by atoms with van der Waals surface area (Å²) in [7, 11) is 0. The number of rotatable bonds is 6. The van der Waals surface area contributed by atoms with Crippen LogP contribution in [0.2, 0.25) is 0 Å². The molecule has 1 aliphatic heterocycles. The highest BCUT2D eigenvalue weighted by Gasteiger charge is 2.21. The molecule has 2 heterocycles. The van der Waals surface area contributed by atoms with Gasteiger partial charge in [0.05, 0.1) is 23.1 Å². The van der Waals surface area contributed by atoms with E-state index in [2.05, 4.69) is 0 Å². The summed E-state index contributed by atoms with van der Waals surface area (Å²) in [5.41, 5.74) is 1.45. The average Bonchev–Trinajstić information content (AvgIpc) is 2.86. The van der Waals surface area contributed by atoms with Gasteiger partial charge in [0.2, 0.25) is 5.43 Å². The Hall–Kier alpha value is -4.13. The Labute approximate surface area is 195 Å². The van der Waals surface area contributed by atoms with Crippen LogP contribution in [0, 0.1) is 5.82 Å². The van der Waals surface area contributed by atoms with Crippen molar-refractivity contribution in [2.45, 2.75) is 13.5 Å². The van der Waals surface area contributed by atoms with E-state index in [1.165, 1.54) is 12.1 Å². The predicted molar refractivity (Wildman–Crippen MR) is 126 cm³/mol. The van der Waals surface area contributed by atoms with Crippen LogP contribution in [0.25, 0.3) is 10.9 Å². The number of ether oxygens (including phenoxy) is 3. The first-order valence-corrected chi connectivity index (χ1v) is 11.0. The molecular weight excluding hydrogens is 437 g/mol. The van der Waals surface area contributed by atoms with Gasteiger partial charge in [-0.25, -0.2) is 4.39 Å². The molecule has 0 N–H and O–H groups in total.